The quantitative estimate of drug-likeness (QED) is 0.460. The molecule has 0 spiro atoms. The number of methoxy groups -OCH3 is 1. The van der Waals surface area contributed by atoms with E-state index in [9.17, 15) is 0 Å². The maximum atomic E-state index is 5.06. The second-order valence-electron chi connectivity index (χ2n) is 3.82. The molecule has 0 unspecified atom stereocenters. The van der Waals surface area contributed by atoms with E-state index in [-0.39, 0.29) is 5.41 Å². The Bertz CT molecular complexity index is 196. The van der Waals surface area contributed by atoms with Gasteiger partial charge in [-0.1, -0.05) is 20.8 Å². The summed E-state index contributed by atoms with van der Waals surface area (Å²) in [7, 11) is 3.47. The van der Waals surface area contributed by atoms with Gasteiger partial charge >= 0.3 is 0 Å². The first-order chi connectivity index (χ1) is 5.41. The Balaban J connectivity index is 4.63. The molecule has 0 aromatic heterocycles. The zero-order valence-corrected chi connectivity index (χ0v) is 8.93. The van der Waals surface area contributed by atoms with Crippen LogP contribution in [0.4, 0.5) is 0 Å². The third-order valence-corrected chi connectivity index (χ3v) is 1.67. The maximum absolute atomic E-state index is 5.06. The smallest absolute Gasteiger partial charge is 0.0942 e. The highest BCUT2D eigenvalue weighted by atomic mass is 16.5. The summed E-state index contributed by atoms with van der Waals surface area (Å²) in [6.45, 7) is 8.33. The summed E-state index contributed by atoms with van der Waals surface area (Å²) in [5, 5.41) is 0. The Morgan fingerprint density at radius 2 is 1.83 bits per heavy atom. The molecule has 0 aromatic carbocycles. The summed E-state index contributed by atoms with van der Waals surface area (Å²) >= 11 is 0. The first-order valence-electron chi connectivity index (χ1n) is 4.11. The monoisotopic (exact) mass is 169 g/mol. The van der Waals surface area contributed by atoms with E-state index < -0.39 is 0 Å². The maximum Gasteiger partial charge on any atom is 0.0942 e. The van der Waals surface area contributed by atoms with Crippen LogP contribution < -0.4 is 0 Å². The van der Waals surface area contributed by atoms with Crippen LogP contribution in [0, 0.1) is 5.41 Å². The van der Waals surface area contributed by atoms with Crippen LogP contribution in [0.15, 0.2) is 16.8 Å². The Labute approximate surface area is 75.3 Å². The van der Waals surface area contributed by atoms with Crippen LogP contribution in [0.1, 0.15) is 27.7 Å². The van der Waals surface area contributed by atoms with E-state index in [1.807, 2.05) is 13.0 Å². The fraction of sp³-hybridized carbons (Fsp3) is 0.700. The van der Waals surface area contributed by atoms with Gasteiger partial charge in [0, 0.05) is 18.2 Å². The van der Waals surface area contributed by atoms with Gasteiger partial charge < -0.3 is 4.74 Å². The zero-order chi connectivity index (χ0) is 9.78. The van der Waals surface area contributed by atoms with E-state index in [2.05, 4.69) is 25.8 Å². The predicted molar refractivity (Wildman–Crippen MR) is 53.6 cm³/mol. The molecule has 0 aliphatic heterocycles. The number of rotatable bonds is 2. The molecule has 0 aliphatic rings. The molecule has 0 heterocycles. The van der Waals surface area contributed by atoms with Gasteiger partial charge in [-0.3, -0.25) is 4.99 Å². The lowest BCUT2D eigenvalue weighted by atomic mass is 9.89. The van der Waals surface area contributed by atoms with Crippen molar-refractivity contribution in [1.29, 1.82) is 0 Å². The molecular weight excluding hydrogens is 150 g/mol. The van der Waals surface area contributed by atoms with E-state index in [1.54, 1.807) is 14.2 Å². The molecule has 0 aliphatic carbocycles. The number of aliphatic imine (C=N–C) groups is 1. The van der Waals surface area contributed by atoms with Crippen LogP contribution in [0.5, 0.6) is 0 Å². The van der Waals surface area contributed by atoms with Crippen molar-refractivity contribution in [2.24, 2.45) is 10.4 Å². The van der Waals surface area contributed by atoms with E-state index in [0.29, 0.717) is 0 Å². The molecule has 12 heavy (non-hydrogen) atoms. The third kappa shape index (κ3) is 3.56. The standard InChI is InChI=1S/C10H19NO/c1-8(12-6)7-9(11-5)10(2,3)4/h7H,1-6H3/b8-7-,11-9-. The van der Waals surface area contributed by atoms with Crippen molar-refractivity contribution in [2.75, 3.05) is 14.2 Å². The van der Waals surface area contributed by atoms with Gasteiger partial charge in [-0.05, 0) is 13.0 Å². The van der Waals surface area contributed by atoms with Crippen molar-refractivity contribution in [3.05, 3.63) is 11.8 Å². The molecule has 0 atom stereocenters. The largest absolute Gasteiger partial charge is 0.501 e. The first kappa shape index (κ1) is 11.2. The molecule has 0 rings (SSSR count). The molecule has 0 amide bonds. The molecule has 0 radical (unpaired) electrons. The second kappa shape index (κ2) is 4.29. The highest BCUT2D eigenvalue weighted by Gasteiger charge is 2.16. The average Bonchev–Trinajstić information content (AvgIpc) is 1.97. The van der Waals surface area contributed by atoms with Gasteiger partial charge in [0.05, 0.1) is 12.9 Å². The summed E-state index contributed by atoms with van der Waals surface area (Å²) in [5.74, 6) is 0.894. The Morgan fingerprint density at radius 3 is 2.08 bits per heavy atom. The van der Waals surface area contributed by atoms with Gasteiger partial charge in [-0.2, -0.15) is 0 Å². The highest BCUT2D eigenvalue weighted by molar-refractivity contribution is 5.99. The lowest BCUT2D eigenvalue weighted by Crippen LogP contribution is -2.18. The summed E-state index contributed by atoms with van der Waals surface area (Å²) in [6.07, 6.45) is 1.97. The minimum atomic E-state index is 0.0918. The van der Waals surface area contributed by atoms with Crippen LogP contribution in [0.25, 0.3) is 0 Å². The summed E-state index contributed by atoms with van der Waals surface area (Å²) < 4.78 is 5.06. The summed E-state index contributed by atoms with van der Waals surface area (Å²) in [5.41, 5.74) is 1.15. The topological polar surface area (TPSA) is 21.6 Å². The van der Waals surface area contributed by atoms with Crippen LogP contribution in [0.2, 0.25) is 0 Å². The van der Waals surface area contributed by atoms with Crippen LogP contribution in [-0.2, 0) is 4.74 Å². The number of nitrogens with zero attached hydrogens (tertiary/aromatic N) is 1. The third-order valence-electron chi connectivity index (χ3n) is 1.67. The molecule has 0 fully saturated rings. The fourth-order valence-corrected chi connectivity index (χ4v) is 0.868. The van der Waals surface area contributed by atoms with E-state index in [4.69, 9.17) is 4.74 Å². The van der Waals surface area contributed by atoms with Crippen LogP contribution >= 0.6 is 0 Å². The minimum absolute atomic E-state index is 0.0918. The van der Waals surface area contributed by atoms with Crippen LogP contribution in [0.3, 0.4) is 0 Å². The van der Waals surface area contributed by atoms with Gasteiger partial charge in [0.2, 0.25) is 0 Å². The summed E-state index contributed by atoms with van der Waals surface area (Å²) in [4.78, 5) is 4.21. The average molecular weight is 169 g/mol. The van der Waals surface area contributed by atoms with Gasteiger partial charge in [-0.25, -0.2) is 0 Å². The van der Waals surface area contributed by atoms with E-state index >= 15 is 0 Å². The van der Waals surface area contributed by atoms with Crippen LogP contribution in [-0.4, -0.2) is 19.9 Å². The van der Waals surface area contributed by atoms with E-state index in [0.717, 1.165) is 11.5 Å². The number of hydrogen-bond donors (Lipinski definition) is 0. The molecule has 0 aromatic rings. The van der Waals surface area contributed by atoms with Crippen molar-refractivity contribution in [3.63, 3.8) is 0 Å². The summed E-state index contributed by atoms with van der Waals surface area (Å²) in [6, 6.07) is 0. The zero-order valence-electron chi connectivity index (χ0n) is 8.93. The van der Waals surface area contributed by atoms with Gasteiger partial charge in [-0.15, -0.1) is 0 Å². The fourth-order valence-electron chi connectivity index (χ4n) is 0.868. The van der Waals surface area contributed by atoms with Crippen molar-refractivity contribution < 1.29 is 4.74 Å². The highest BCUT2D eigenvalue weighted by Crippen LogP contribution is 2.17. The molecule has 70 valence electrons. The van der Waals surface area contributed by atoms with E-state index in [1.165, 1.54) is 0 Å². The molecule has 0 saturated carbocycles. The first-order valence-corrected chi connectivity index (χ1v) is 4.11. The number of hydrogen-bond acceptors (Lipinski definition) is 2. The predicted octanol–water partition coefficient (Wildman–Crippen LogP) is 2.65. The lowest BCUT2D eigenvalue weighted by Gasteiger charge is -2.18. The second-order valence-corrected chi connectivity index (χ2v) is 3.82. The molecular formula is C10H19NO. The normalized spacial score (nSPS) is 14.8. The van der Waals surface area contributed by atoms with Crippen molar-refractivity contribution >= 4 is 5.71 Å². The Kier molecular flexibility index (Phi) is 4.01. The number of ether oxygens (including phenoxy) is 1. The van der Waals surface area contributed by atoms with Crippen molar-refractivity contribution in [3.8, 4) is 0 Å². The van der Waals surface area contributed by atoms with Gasteiger partial charge in [0.25, 0.3) is 0 Å². The lowest BCUT2D eigenvalue weighted by molar-refractivity contribution is 0.294. The molecule has 0 bridgehead atoms. The Morgan fingerprint density at radius 1 is 1.33 bits per heavy atom. The molecule has 2 nitrogen and oxygen atoms in total. The van der Waals surface area contributed by atoms with Gasteiger partial charge in [0.1, 0.15) is 0 Å². The number of allylic oxidation sites excluding steroid dienone is 2. The Hall–Kier alpha value is -0.790. The SMILES string of the molecule is C/N=C(/C=C(/C)OC)C(C)(C)C. The minimum Gasteiger partial charge on any atom is -0.501 e. The van der Waals surface area contributed by atoms with Crippen molar-refractivity contribution in [2.45, 2.75) is 27.7 Å². The van der Waals surface area contributed by atoms with Gasteiger partial charge in [0.15, 0.2) is 0 Å². The van der Waals surface area contributed by atoms with Crippen molar-refractivity contribution in [1.82, 2.24) is 0 Å². The molecule has 0 N–H and O–H groups in total. The molecule has 2 heteroatoms. The molecule has 0 saturated heterocycles.